The fourth-order valence-electron chi connectivity index (χ4n) is 2.70. The Kier molecular flexibility index (Phi) is 8.03. The SMILES string of the molecule is CCOc1ccc(S(=O)(=O)N(CC)CC(=O)NC(C)c2cccc(Br)c2)cc1. The number of ether oxygens (including phenoxy) is 1. The van der Waals surface area contributed by atoms with E-state index in [4.69, 9.17) is 4.74 Å². The second kappa shape index (κ2) is 10.0. The van der Waals surface area contributed by atoms with Crippen molar-refractivity contribution in [1.29, 1.82) is 0 Å². The summed E-state index contributed by atoms with van der Waals surface area (Å²) in [5, 5.41) is 2.85. The van der Waals surface area contributed by atoms with E-state index in [9.17, 15) is 13.2 Å². The molecule has 0 heterocycles. The molecule has 0 aliphatic heterocycles. The Balaban J connectivity index is 2.08. The van der Waals surface area contributed by atoms with Gasteiger partial charge in [0, 0.05) is 11.0 Å². The molecule has 6 nitrogen and oxygen atoms in total. The molecule has 1 N–H and O–H groups in total. The van der Waals surface area contributed by atoms with Crippen molar-refractivity contribution in [3.8, 4) is 5.75 Å². The van der Waals surface area contributed by atoms with E-state index < -0.39 is 10.0 Å². The molecule has 0 radical (unpaired) electrons. The Labute approximate surface area is 175 Å². The maximum absolute atomic E-state index is 12.9. The van der Waals surface area contributed by atoms with Crippen LogP contribution in [0.25, 0.3) is 0 Å². The van der Waals surface area contributed by atoms with Crippen LogP contribution in [0.3, 0.4) is 0 Å². The standard InChI is InChI=1S/C20H25BrN2O4S/c1-4-23(28(25,26)19-11-9-18(10-12-19)27-5-2)14-20(24)22-15(3)16-7-6-8-17(21)13-16/h6-13,15H,4-5,14H2,1-3H3,(H,22,24). The van der Waals surface area contributed by atoms with E-state index in [2.05, 4.69) is 21.2 Å². The highest BCUT2D eigenvalue weighted by molar-refractivity contribution is 9.10. The number of amides is 1. The highest BCUT2D eigenvalue weighted by Crippen LogP contribution is 2.20. The van der Waals surface area contributed by atoms with E-state index in [-0.39, 0.29) is 29.9 Å². The van der Waals surface area contributed by atoms with Crippen molar-refractivity contribution < 1.29 is 17.9 Å². The quantitative estimate of drug-likeness (QED) is 0.607. The van der Waals surface area contributed by atoms with Gasteiger partial charge >= 0.3 is 0 Å². The zero-order valence-electron chi connectivity index (χ0n) is 16.2. The molecular weight excluding hydrogens is 444 g/mol. The van der Waals surface area contributed by atoms with Crippen LogP contribution in [0, 0.1) is 0 Å². The Morgan fingerprint density at radius 2 is 1.86 bits per heavy atom. The summed E-state index contributed by atoms with van der Waals surface area (Å²) in [4.78, 5) is 12.6. The third-order valence-corrected chi connectivity index (χ3v) is 6.60. The molecule has 0 spiro atoms. The van der Waals surface area contributed by atoms with Gasteiger partial charge in [-0.3, -0.25) is 4.79 Å². The van der Waals surface area contributed by atoms with Crippen LogP contribution in [-0.2, 0) is 14.8 Å². The van der Waals surface area contributed by atoms with E-state index >= 15 is 0 Å². The van der Waals surface area contributed by atoms with Crippen LogP contribution < -0.4 is 10.1 Å². The first-order valence-electron chi connectivity index (χ1n) is 9.05. The van der Waals surface area contributed by atoms with Crippen molar-refractivity contribution in [3.05, 3.63) is 58.6 Å². The van der Waals surface area contributed by atoms with Crippen LogP contribution in [0.5, 0.6) is 5.75 Å². The van der Waals surface area contributed by atoms with E-state index in [0.717, 1.165) is 14.3 Å². The van der Waals surface area contributed by atoms with Gasteiger partial charge < -0.3 is 10.1 Å². The van der Waals surface area contributed by atoms with Crippen LogP contribution in [0.1, 0.15) is 32.4 Å². The number of carbonyl (C=O) groups excluding carboxylic acids is 1. The summed E-state index contributed by atoms with van der Waals surface area (Å²) in [6.45, 7) is 5.87. The lowest BCUT2D eigenvalue weighted by molar-refractivity contribution is -0.121. The van der Waals surface area contributed by atoms with Crippen LogP contribution in [0.15, 0.2) is 57.9 Å². The monoisotopic (exact) mass is 468 g/mol. The number of nitrogens with zero attached hydrogens (tertiary/aromatic N) is 1. The van der Waals surface area contributed by atoms with Crippen molar-refractivity contribution >= 4 is 31.9 Å². The van der Waals surface area contributed by atoms with Crippen molar-refractivity contribution in [2.75, 3.05) is 19.7 Å². The molecule has 8 heteroatoms. The van der Waals surface area contributed by atoms with Gasteiger partial charge in [-0.15, -0.1) is 0 Å². The zero-order chi connectivity index (χ0) is 20.7. The van der Waals surface area contributed by atoms with E-state index in [0.29, 0.717) is 12.4 Å². The molecule has 0 aliphatic carbocycles. The third kappa shape index (κ3) is 5.80. The molecule has 152 valence electrons. The first kappa shape index (κ1) is 22.4. The number of hydrogen-bond donors (Lipinski definition) is 1. The van der Waals surface area contributed by atoms with Crippen molar-refractivity contribution in [1.82, 2.24) is 9.62 Å². The minimum atomic E-state index is -3.78. The number of sulfonamides is 1. The Morgan fingerprint density at radius 3 is 2.43 bits per heavy atom. The lowest BCUT2D eigenvalue weighted by atomic mass is 10.1. The maximum Gasteiger partial charge on any atom is 0.243 e. The molecule has 0 saturated heterocycles. The fourth-order valence-corrected chi connectivity index (χ4v) is 4.52. The van der Waals surface area contributed by atoms with Gasteiger partial charge in [-0.1, -0.05) is 35.0 Å². The normalized spacial score (nSPS) is 12.6. The molecule has 1 atom stereocenters. The highest BCUT2D eigenvalue weighted by Gasteiger charge is 2.25. The van der Waals surface area contributed by atoms with E-state index in [1.54, 1.807) is 19.1 Å². The number of nitrogens with one attached hydrogen (secondary N) is 1. The number of hydrogen-bond acceptors (Lipinski definition) is 4. The van der Waals surface area contributed by atoms with Gasteiger partial charge in [0.15, 0.2) is 0 Å². The number of rotatable bonds is 9. The summed E-state index contributed by atoms with van der Waals surface area (Å²) in [5.74, 6) is 0.244. The molecular formula is C20H25BrN2O4S. The Morgan fingerprint density at radius 1 is 1.18 bits per heavy atom. The second-order valence-corrected chi connectivity index (χ2v) is 9.03. The minimum absolute atomic E-state index is 0.130. The highest BCUT2D eigenvalue weighted by atomic mass is 79.9. The predicted octanol–water partition coefficient (Wildman–Crippen LogP) is 3.74. The zero-order valence-corrected chi connectivity index (χ0v) is 18.6. The predicted molar refractivity (Wildman–Crippen MR) is 113 cm³/mol. The summed E-state index contributed by atoms with van der Waals surface area (Å²) in [6.07, 6.45) is 0. The Hall–Kier alpha value is -1.90. The van der Waals surface area contributed by atoms with Gasteiger partial charge in [-0.25, -0.2) is 8.42 Å². The number of benzene rings is 2. The van der Waals surface area contributed by atoms with Crippen molar-refractivity contribution in [2.24, 2.45) is 0 Å². The van der Waals surface area contributed by atoms with Crippen LogP contribution in [-0.4, -0.2) is 38.3 Å². The average molecular weight is 469 g/mol. The van der Waals surface area contributed by atoms with Crippen molar-refractivity contribution in [3.63, 3.8) is 0 Å². The summed E-state index contributed by atoms with van der Waals surface area (Å²) < 4.78 is 33.2. The fraction of sp³-hybridized carbons (Fsp3) is 0.350. The Bertz CT molecular complexity index is 901. The van der Waals surface area contributed by atoms with E-state index in [1.807, 2.05) is 38.1 Å². The topological polar surface area (TPSA) is 75.7 Å². The van der Waals surface area contributed by atoms with Gasteiger partial charge in [-0.2, -0.15) is 4.31 Å². The summed E-state index contributed by atoms with van der Waals surface area (Å²) in [6, 6.07) is 13.6. The van der Waals surface area contributed by atoms with Gasteiger partial charge in [-0.05, 0) is 55.8 Å². The van der Waals surface area contributed by atoms with Gasteiger partial charge in [0.2, 0.25) is 15.9 Å². The average Bonchev–Trinajstić information content (AvgIpc) is 2.66. The third-order valence-electron chi connectivity index (χ3n) is 4.17. The second-order valence-electron chi connectivity index (χ2n) is 6.18. The molecule has 0 saturated carbocycles. The minimum Gasteiger partial charge on any atom is -0.494 e. The molecule has 1 amide bonds. The number of likely N-dealkylation sites (N-methyl/N-ethyl adjacent to an activating group) is 1. The van der Waals surface area contributed by atoms with Gasteiger partial charge in [0.1, 0.15) is 5.75 Å². The lowest BCUT2D eigenvalue weighted by Gasteiger charge is -2.22. The van der Waals surface area contributed by atoms with Gasteiger partial charge in [0.25, 0.3) is 0 Å². The molecule has 2 rings (SSSR count). The maximum atomic E-state index is 12.9. The first-order chi connectivity index (χ1) is 13.3. The molecule has 28 heavy (non-hydrogen) atoms. The van der Waals surface area contributed by atoms with Crippen LogP contribution >= 0.6 is 15.9 Å². The molecule has 0 aromatic heterocycles. The summed E-state index contributed by atoms with van der Waals surface area (Å²) in [7, 11) is -3.78. The number of carbonyl (C=O) groups is 1. The van der Waals surface area contributed by atoms with Crippen LogP contribution in [0.4, 0.5) is 0 Å². The first-order valence-corrected chi connectivity index (χ1v) is 11.3. The molecule has 0 aliphatic rings. The summed E-state index contributed by atoms with van der Waals surface area (Å²) >= 11 is 3.41. The molecule has 1 unspecified atom stereocenters. The number of halogens is 1. The van der Waals surface area contributed by atoms with Crippen LogP contribution in [0.2, 0.25) is 0 Å². The van der Waals surface area contributed by atoms with Gasteiger partial charge in [0.05, 0.1) is 24.1 Å². The largest absolute Gasteiger partial charge is 0.494 e. The molecule has 0 fully saturated rings. The molecule has 2 aromatic carbocycles. The van der Waals surface area contributed by atoms with E-state index in [1.165, 1.54) is 12.1 Å². The smallest absolute Gasteiger partial charge is 0.243 e. The summed E-state index contributed by atoms with van der Waals surface area (Å²) in [5.41, 5.74) is 0.931. The molecule has 0 bridgehead atoms. The van der Waals surface area contributed by atoms with Crippen molar-refractivity contribution in [2.45, 2.75) is 31.7 Å². The molecule has 2 aromatic rings. The lowest BCUT2D eigenvalue weighted by Crippen LogP contribution is -2.41.